The Hall–Kier alpha value is -1.48. The highest BCUT2D eigenvalue weighted by Gasteiger charge is 2.12. The van der Waals surface area contributed by atoms with Crippen LogP contribution >= 0.6 is 0 Å². The number of aliphatic hydroxyl groups is 1. The van der Waals surface area contributed by atoms with Gasteiger partial charge in [-0.25, -0.2) is 0 Å². The molecule has 1 aliphatic heterocycles. The molecule has 0 amide bonds. The van der Waals surface area contributed by atoms with E-state index >= 15 is 0 Å². The van der Waals surface area contributed by atoms with E-state index in [4.69, 9.17) is 9.47 Å². The lowest BCUT2D eigenvalue weighted by atomic mass is 10.1. The Bertz CT molecular complexity index is 371. The van der Waals surface area contributed by atoms with Gasteiger partial charge in [-0.3, -0.25) is 0 Å². The van der Waals surface area contributed by atoms with Crippen molar-refractivity contribution in [2.75, 3.05) is 6.79 Å². The van der Waals surface area contributed by atoms with Crippen LogP contribution in [0.4, 0.5) is 0 Å². The molecule has 0 saturated carbocycles. The number of fused-ring (bicyclic) bond motifs is 1. The van der Waals surface area contributed by atoms with Crippen molar-refractivity contribution in [3.8, 4) is 11.5 Å². The van der Waals surface area contributed by atoms with Gasteiger partial charge in [0.1, 0.15) is 0 Å². The molecular formula is C12H14O3. The van der Waals surface area contributed by atoms with Gasteiger partial charge in [-0.15, -0.1) is 0 Å². The summed E-state index contributed by atoms with van der Waals surface area (Å²) in [7, 11) is 0. The molecule has 0 spiro atoms. The van der Waals surface area contributed by atoms with E-state index in [1.165, 1.54) is 0 Å². The van der Waals surface area contributed by atoms with Crippen LogP contribution in [-0.2, 0) is 0 Å². The lowest BCUT2D eigenvalue weighted by molar-refractivity contribution is 0.174. The molecule has 1 atom stereocenters. The average Bonchev–Trinajstić information content (AvgIpc) is 2.72. The van der Waals surface area contributed by atoms with E-state index in [1.54, 1.807) is 6.08 Å². The zero-order valence-electron chi connectivity index (χ0n) is 8.64. The summed E-state index contributed by atoms with van der Waals surface area (Å²) in [6.07, 6.45) is 4.00. The second kappa shape index (κ2) is 4.36. The Balaban J connectivity index is 2.13. The van der Waals surface area contributed by atoms with E-state index < -0.39 is 0 Å². The molecule has 1 aromatic rings. The minimum atomic E-state index is -0.379. The van der Waals surface area contributed by atoms with E-state index in [2.05, 4.69) is 0 Å². The maximum atomic E-state index is 9.37. The van der Waals surface area contributed by atoms with Crippen molar-refractivity contribution in [2.24, 2.45) is 0 Å². The van der Waals surface area contributed by atoms with Gasteiger partial charge in [-0.2, -0.15) is 0 Å². The van der Waals surface area contributed by atoms with E-state index in [0.29, 0.717) is 6.79 Å². The van der Waals surface area contributed by atoms with Crippen LogP contribution in [0.3, 0.4) is 0 Å². The monoisotopic (exact) mass is 206 g/mol. The Morgan fingerprint density at radius 2 is 2.20 bits per heavy atom. The average molecular weight is 206 g/mol. The van der Waals surface area contributed by atoms with Crippen molar-refractivity contribution < 1.29 is 14.6 Å². The van der Waals surface area contributed by atoms with Gasteiger partial charge in [0.25, 0.3) is 0 Å². The van der Waals surface area contributed by atoms with E-state index in [0.717, 1.165) is 23.5 Å². The molecule has 2 rings (SSSR count). The fraction of sp³-hybridized carbons (Fsp3) is 0.333. The molecule has 1 aromatic carbocycles. The highest BCUT2D eigenvalue weighted by Crippen LogP contribution is 2.32. The largest absolute Gasteiger partial charge is 0.454 e. The SMILES string of the molecule is CCC(O)/C=C/c1ccc2c(c1)OCO2. The van der Waals surface area contributed by atoms with Crippen LogP contribution in [0, 0.1) is 0 Å². The van der Waals surface area contributed by atoms with Gasteiger partial charge in [0.05, 0.1) is 6.10 Å². The smallest absolute Gasteiger partial charge is 0.231 e. The third-order valence-electron chi connectivity index (χ3n) is 2.33. The predicted molar refractivity (Wildman–Crippen MR) is 57.9 cm³/mol. The van der Waals surface area contributed by atoms with Crippen LogP contribution in [0.25, 0.3) is 6.08 Å². The maximum Gasteiger partial charge on any atom is 0.231 e. The van der Waals surface area contributed by atoms with Crippen LogP contribution in [0.5, 0.6) is 11.5 Å². The number of hydrogen-bond acceptors (Lipinski definition) is 3. The number of aliphatic hydroxyl groups excluding tert-OH is 1. The van der Waals surface area contributed by atoms with Crippen molar-refractivity contribution >= 4 is 6.08 Å². The lowest BCUT2D eigenvalue weighted by Crippen LogP contribution is -1.97. The Morgan fingerprint density at radius 1 is 1.40 bits per heavy atom. The van der Waals surface area contributed by atoms with Crippen LogP contribution in [-0.4, -0.2) is 18.0 Å². The molecule has 0 fully saturated rings. The minimum absolute atomic E-state index is 0.292. The molecule has 1 aliphatic rings. The predicted octanol–water partition coefficient (Wildman–Crippen LogP) is 2.20. The van der Waals surface area contributed by atoms with Crippen LogP contribution < -0.4 is 9.47 Å². The standard InChI is InChI=1S/C12H14O3/c1-2-10(13)5-3-9-4-6-11-12(7-9)15-8-14-11/h3-7,10,13H,2,8H2,1H3/b5-3+. The van der Waals surface area contributed by atoms with Crippen LogP contribution in [0.15, 0.2) is 24.3 Å². The van der Waals surface area contributed by atoms with Gasteiger partial charge < -0.3 is 14.6 Å². The highest BCUT2D eigenvalue weighted by molar-refractivity contribution is 5.56. The Morgan fingerprint density at radius 3 is 3.00 bits per heavy atom. The molecule has 3 nitrogen and oxygen atoms in total. The molecule has 0 saturated heterocycles. The summed E-state index contributed by atoms with van der Waals surface area (Å²) in [6, 6.07) is 5.72. The molecule has 80 valence electrons. The van der Waals surface area contributed by atoms with Crippen molar-refractivity contribution in [3.63, 3.8) is 0 Å². The van der Waals surface area contributed by atoms with Gasteiger partial charge in [0.2, 0.25) is 6.79 Å². The molecule has 0 radical (unpaired) electrons. The molecule has 1 N–H and O–H groups in total. The van der Waals surface area contributed by atoms with Gasteiger partial charge in [-0.05, 0) is 24.1 Å². The summed E-state index contributed by atoms with van der Waals surface area (Å²) in [5, 5.41) is 9.37. The quantitative estimate of drug-likeness (QED) is 0.824. The second-order valence-corrected chi connectivity index (χ2v) is 3.45. The van der Waals surface area contributed by atoms with Crippen molar-refractivity contribution in [1.29, 1.82) is 0 Å². The van der Waals surface area contributed by atoms with Gasteiger partial charge in [0, 0.05) is 0 Å². The van der Waals surface area contributed by atoms with Crippen molar-refractivity contribution in [2.45, 2.75) is 19.4 Å². The molecule has 1 unspecified atom stereocenters. The topological polar surface area (TPSA) is 38.7 Å². The summed E-state index contributed by atoms with van der Waals surface area (Å²) in [5.41, 5.74) is 1.01. The third kappa shape index (κ3) is 2.30. The van der Waals surface area contributed by atoms with Crippen molar-refractivity contribution in [3.05, 3.63) is 29.8 Å². The summed E-state index contributed by atoms with van der Waals surface area (Å²) in [6.45, 7) is 2.23. The summed E-state index contributed by atoms with van der Waals surface area (Å²) < 4.78 is 10.5. The summed E-state index contributed by atoms with van der Waals surface area (Å²) >= 11 is 0. The fourth-order valence-electron chi connectivity index (χ4n) is 1.38. The maximum absolute atomic E-state index is 9.37. The molecule has 3 heteroatoms. The van der Waals surface area contributed by atoms with Crippen molar-refractivity contribution in [1.82, 2.24) is 0 Å². The Labute approximate surface area is 88.9 Å². The molecule has 15 heavy (non-hydrogen) atoms. The van der Waals surface area contributed by atoms with Gasteiger partial charge in [0.15, 0.2) is 11.5 Å². The fourth-order valence-corrected chi connectivity index (χ4v) is 1.38. The first kappa shape index (κ1) is 10.1. The number of hydrogen-bond donors (Lipinski definition) is 1. The number of benzene rings is 1. The zero-order chi connectivity index (χ0) is 10.7. The van der Waals surface area contributed by atoms with Gasteiger partial charge in [-0.1, -0.05) is 25.1 Å². The first-order valence-corrected chi connectivity index (χ1v) is 5.05. The normalized spacial score (nSPS) is 15.9. The van der Waals surface area contributed by atoms with Crippen LogP contribution in [0.1, 0.15) is 18.9 Å². The first-order valence-electron chi connectivity index (χ1n) is 5.05. The molecule has 0 aliphatic carbocycles. The Kier molecular flexibility index (Phi) is 2.92. The van der Waals surface area contributed by atoms with E-state index in [1.807, 2.05) is 31.2 Å². The molecule has 0 bridgehead atoms. The zero-order valence-corrected chi connectivity index (χ0v) is 8.64. The minimum Gasteiger partial charge on any atom is -0.454 e. The molecular weight excluding hydrogens is 192 g/mol. The number of rotatable bonds is 3. The first-order chi connectivity index (χ1) is 7.29. The van der Waals surface area contributed by atoms with Gasteiger partial charge >= 0.3 is 0 Å². The summed E-state index contributed by atoms with van der Waals surface area (Å²) in [5.74, 6) is 1.55. The van der Waals surface area contributed by atoms with E-state index in [9.17, 15) is 5.11 Å². The number of ether oxygens (including phenoxy) is 2. The summed E-state index contributed by atoms with van der Waals surface area (Å²) in [4.78, 5) is 0. The lowest BCUT2D eigenvalue weighted by Gasteiger charge is -2.00. The van der Waals surface area contributed by atoms with Crippen LogP contribution in [0.2, 0.25) is 0 Å². The molecule has 1 heterocycles. The van der Waals surface area contributed by atoms with E-state index in [-0.39, 0.29) is 6.10 Å². The molecule has 0 aromatic heterocycles. The second-order valence-electron chi connectivity index (χ2n) is 3.45. The highest BCUT2D eigenvalue weighted by atomic mass is 16.7. The third-order valence-corrected chi connectivity index (χ3v) is 2.33.